The van der Waals surface area contributed by atoms with Crippen molar-refractivity contribution in [2.24, 2.45) is 0 Å². The van der Waals surface area contributed by atoms with Gasteiger partial charge in [-0.25, -0.2) is 4.98 Å². The van der Waals surface area contributed by atoms with E-state index >= 15 is 0 Å². The number of nitrogens with one attached hydrogen (secondary N) is 1. The second-order valence-corrected chi connectivity index (χ2v) is 13.5. The van der Waals surface area contributed by atoms with Gasteiger partial charge in [-0.3, -0.25) is 9.53 Å². The SMILES string of the molecule is COc1cc(C(=O)N2CCC(CCN3CCC(Nc4nc5ccccc5n4CCOC(F)(F)F)CC3)(c3ccc(Cl)cc3)C2)cc(OC)c1OC. The highest BCUT2D eigenvalue weighted by Crippen LogP contribution is 2.42. The highest BCUT2D eigenvalue weighted by atomic mass is 35.5. The molecular weight excluding hydrogens is 687 g/mol. The predicted molar refractivity (Wildman–Crippen MR) is 189 cm³/mol. The lowest BCUT2D eigenvalue weighted by Crippen LogP contribution is -2.42. The summed E-state index contributed by atoms with van der Waals surface area (Å²) in [6.45, 7) is 3.20. The molecule has 4 aromatic rings. The summed E-state index contributed by atoms with van der Waals surface area (Å²) in [6.07, 6.45) is -1.34. The molecule has 6 rings (SSSR count). The van der Waals surface area contributed by atoms with Crippen LogP contribution in [-0.2, 0) is 16.7 Å². The van der Waals surface area contributed by atoms with Crippen molar-refractivity contribution in [3.63, 3.8) is 0 Å². The number of benzene rings is 3. The van der Waals surface area contributed by atoms with Gasteiger partial charge in [-0.15, -0.1) is 13.2 Å². The standard InChI is InChI=1S/C37H43ClF3N5O5/c1-48-31-22-25(23-32(49-2)33(31)50-3)34(47)45-19-15-36(24-45,26-8-10-27(38)11-9-26)14-18-44-16-12-28(13-17-44)42-35-43-29-6-4-5-7-30(29)46(35)20-21-51-37(39,40)41/h4-11,22-23,28H,12-21,24H2,1-3H3,(H,42,43). The zero-order valence-corrected chi connectivity index (χ0v) is 29.7. The Morgan fingerprint density at radius 2 is 1.65 bits per heavy atom. The van der Waals surface area contributed by atoms with Gasteiger partial charge in [0, 0.05) is 54.8 Å². The highest BCUT2D eigenvalue weighted by molar-refractivity contribution is 6.30. The third-order valence-corrected chi connectivity index (χ3v) is 10.3. The Hall–Kier alpha value is -4.20. The Bertz CT molecular complexity index is 1790. The molecule has 274 valence electrons. The first-order chi connectivity index (χ1) is 24.5. The number of anilines is 1. The Balaban J connectivity index is 1.11. The van der Waals surface area contributed by atoms with Crippen LogP contribution in [0, 0.1) is 0 Å². The van der Waals surface area contributed by atoms with E-state index in [1.807, 2.05) is 41.3 Å². The molecule has 3 heterocycles. The smallest absolute Gasteiger partial charge is 0.493 e. The second-order valence-electron chi connectivity index (χ2n) is 13.1. The van der Waals surface area contributed by atoms with Crippen LogP contribution in [0.15, 0.2) is 60.7 Å². The van der Waals surface area contributed by atoms with Crippen molar-refractivity contribution in [3.8, 4) is 17.2 Å². The van der Waals surface area contributed by atoms with Crippen LogP contribution in [0.5, 0.6) is 17.2 Å². The second kappa shape index (κ2) is 15.6. The number of ether oxygens (including phenoxy) is 4. The molecule has 2 aliphatic heterocycles. The van der Waals surface area contributed by atoms with E-state index in [1.54, 1.807) is 16.7 Å². The van der Waals surface area contributed by atoms with Crippen LogP contribution in [0.4, 0.5) is 19.1 Å². The number of imidazole rings is 1. The molecule has 0 radical (unpaired) electrons. The number of methoxy groups -OCH3 is 3. The van der Waals surface area contributed by atoms with E-state index in [1.165, 1.54) is 21.3 Å². The quantitative estimate of drug-likeness (QED) is 0.157. The Morgan fingerprint density at radius 3 is 2.29 bits per heavy atom. The fraction of sp³-hybridized carbons (Fsp3) is 0.459. The number of alkyl halides is 3. The summed E-state index contributed by atoms with van der Waals surface area (Å²) in [6, 6.07) is 18.8. The molecule has 2 saturated heterocycles. The predicted octanol–water partition coefficient (Wildman–Crippen LogP) is 7.00. The zero-order chi connectivity index (χ0) is 36.2. The number of halogens is 4. The first-order valence-corrected chi connectivity index (χ1v) is 17.4. The van der Waals surface area contributed by atoms with Crippen molar-refractivity contribution in [3.05, 3.63) is 76.8 Å². The molecule has 0 spiro atoms. The van der Waals surface area contributed by atoms with Gasteiger partial charge in [-0.1, -0.05) is 35.9 Å². The Labute approximate surface area is 300 Å². The largest absolute Gasteiger partial charge is 0.522 e. The van der Waals surface area contributed by atoms with Gasteiger partial charge in [-0.2, -0.15) is 0 Å². The van der Waals surface area contributed by atoms with Gasteiger partial charge in [-0.05, 0) is 74.2 Å². The molecular formula is C37H43ClF3N5O5. The maximum absolute atomic E-state index is 13.9. The summed E-state index contributed by atoms with van der Waals surface area (Å²) in [5.74, 6) is 1.72. The van der Waals surface area contributed by atoms with E-state index in [9.17, 15) is 18.0 Å². The minimum absolute atomic E-state index is 0.0209. The van der Waals surface area contributed by atoms with Gasteiger partial charge in [0.25, 0.3) is 5.91 Å². The van der Waals surface area contributed by atoms with Crippen molar-refractivity contribution in [1.82, 2.24) is 19.4 Å². The monoisotopic (exact) mass is 729 g/mol. The molecule has 1 amide bonds. The summed E-state index contributed by atoms with van der Waals surface area (Å²) in [7, 11) is 4.59. The van der Waals surface area contributed by atoms with Crippen LogP contribution in [0.3, 0.4) is 0 Å². The summed E-state index contributed by atoms with van der Waals surface area (Å²) in [4.78, 5) is 22.9. The molecule has 0 aliphatic carbocycles. The average molecular weight is 730 g/mol. The van der Waals surface area contributed by atoms with Crippen molar-refractivity contribution >= 4 is 34.5 Å². The van der Waals surface area contributed by atoms with Crippen molar-refractivity contribution in [2.75, 3.05) is 66.0 Å². The zero-order valence-electron chi connectivity index (χ0n) is 29.0. The highest BCUT2D eigenvalue weighted by Gasteiger charge is 2.42. The first kappa shape index (κ1) is 36.6. The number of rotatable bonds is 13. The molecule has 0 bridgehead atoms. The van der Waals surface area contributed by atoms with Gasteiger partial charge in [0.05, 0.1) is 39.0 Å². The first-order valence-electron chi connectivity index (χ1n) is 17.0. The van der Waals surface area contributed by atoms with Gasteiger partial charge >= 0.3 is 6.36 Å². The summed E-state index contributed by atoms with van der Waals surface area (Å²) < 4.78 is 60.4. The number of fused-ring (bicyclic) bond motifs is 1. The fourth-order valence-corrected chi connectivity index (χ4v) is 7.47. The van der Waals surface area contributed by atoms with Crippen molar-refractivity contribution < 1.29 is 36.9 Å². The minimum Gasteiger partial charge on any atom is -0.493 e. The van der Waals surface area contributed by atoms with E-state index in [0.29, 0.717) is 52.4 Å². The molecule has 1 atom stereocenters. The van der Waals surface area contributed by atoms with Crippen LogP contribution >= 0.6 is 11.6 Å². The normalized spacial score (nSPS) is 18.7. The van der Waals surface area contributed by atoms with Gasteiger partial charge in [0.1, 0.15) is 0 Å². The molecule has 1 N–H and O–H groups in total. The van der Waals surface area contributed by atoms with Gasteiger partial charge in [0.2, 0.25) is 11.7 Å². The third kappa shape index (κ3) is 8.31. The summed E-state index contributed by atoms with van der Waals surface area (Å²) in [5.41, 5.74) is 2.82. The van der Waals surface area contributed by atoms with E-state index < -0.39 is 13.0 Å². The number of hydrogen-bond donors (Lipinski definition) is 1. The van der Waals surface area contributed by atoms with E-state index in [2.05, 4.69) is 32.1 Å². The molecule has 0 saturated carbocycles. The molecule has 10 nitrogen and oxygen atoms in total. The van der Waals surface area contributed by atoms with E-state index in [4.69, 9.17) is 25.8 Å². The number of para-hydroxylation sites is 2. The number of amides is 1. The molecule has 2 aliphatic rings. The van der Waals surface area contributed by atoms with Crippen LogP contribution in [0.1, 0.15) is 41.6 Å². The third-order valence-electron chi connectivity index (χ3n) is 10.1. The number of carbonyl (C=O) groups excluding carboxylic acids is 1. The van der Waals surface area contributed by atoms with Crippen LogP contribution in [0.2, 0.25) is 5.02 Å². The number of likely N-dealkylation sites (tertiary alicyclic amines) is 2. The molecule has 2 fully saturated rings. The fourth-order valence-electron chi connectivity index (χ4n) is 7.34. The van der Waals surface area contributed by atoms with Crippen LogP contribution in [-0.4, -0.2) is 98.3 Å². The number of nitrogens with zero attached hydrogens (tertiary/aromatic N) is 4. The van der Waals surface area contributed by atoms with E-state index in [0.717, 1.165) is 56.4 Å². The van der Waals surface area contributed by atoms with Crippen LogP contribution < -0.4 is 19.5 Å². The maximum Gasteiger partial charge on any atom is 0.522 e. The Kier molecular flexibility index (Phi) is 11.2. The summed E-state index contributed by atoms with van der Waals surface area (Å²) in [5, 5.41) is 4.17. The van der Waals surface area contributed by atoms with E-state index in [-0.39, 0.29) is 23.9 Å². The lowest BCUT2D eigenvalue weighted by molar-refractivity contribution is -0.325. The molecule has 51 heavy (non-hydrogen) atoms. The minimum atomic E-state index is -4.69. The van der Waals surface area contributed by atoms with Gasteiger partial charge in [0.15, 0.2) is 11.5 Å². The average Bonchev–Trinajstić information content (AvgIpc) is 3.72. The van der Waals surface area contributed by atoms with Gasteiger partial charge < -0.3 is 33.9 Å². The molecule has 14 heteroatoms. The number of hydrogen-bond acceptors (Lipinski definition) is 8. The summed E-state index contributed by atoms with van der Waals surface area (Å²) >= 11 is 6.28. The lowest BCUT2D eigenvalue weighted by Gasteiger charge is -2.36. The topological polar surface area (TPSA) is 90.3 Å². The molecule has 1 unspecified atom stereocenters. The lowest BCUT2D eigenvalue weighted by atomic mass is 9.76. The maximum atomic E-state index is 13.9. The Morgan fingerprint density at radius 1 is 0.961 bits per heavy atom. The van der Waals surface area contributed by atoms with Crippen LogP contribution in [0.25, 0.3) is 11.0 Å². The van der Waals surface area contributed by atoms with Crippen molar-refractivity contribution in [2.45, 2.75) is 50.0 Å². The molecule has 3 aromatic carbocycles. The molecule has 1 aromatic heterocycles. The number of piperidine rings is 1. The number of carbonyl (C=O) groups is 1. The number of aromatic nitrogens is 2. The van der Waals surface area contributed by atoms with Crippen molar-refractivity contribution in [1.29, 1.82) is 0 Å².